The van der Waals surface area contributed by atoms with Crippen LogP contribution >= 0.6 is 12.4 Å². The second-order valence-electron chi connectivity index (χ2n) is 4.27. The number of nitrogens with zero attached hydrogens (tertiary/aromatic N) is 1. The Morgan fingerprint density at radius 1 is 1.06 bits per heavy atom. The van der Waals surface area contributed by atoms with Crippen molar-refractivity contribution >= 4 is 12.4 Å². The number of nitrogens with one attached hydrogen (secondary N) is 1. The molecule has 0 saturated heterocycles. The highest BCUT2D eigenvalue weighted by Crippen LogP contribution is 2.04. The quantitative estimate of drug-likeness (QED) is 0.677. The molecule has 1 rings (SSSR count). The second kappa shape index (κ2) is 11.9. The molecule has 0 saturated carbocycles. The molecule has 0 amide bonds. The third-order valence-electron chi connectivity index (χ3n) is 2.74. The van der Waals surface area contributed by atoms with Gasteiger partial charge in [-0.15, -0.1) is 12.4 Å². The average Bonchev–Trinajstić information content (AvgIpc) is 2.34. The van der Waals surface area contributed by atoms with E-state index in [2.05, 4.69) is 23.3 Å². The molecule has 1 heterocycles. The Kier molecular flexibility index (Phi) is 11.5. The van der Waals surface area contributed by atoms with Crippen molar-refractivity contribution in [1.82, 2.24) is 10.3 Å². The Hall–Kier alpha value is -0.600. The van der Waals surface area contributed by atoms with Gasteiger partial charge in [0.25, 0.3) is 0 Å². The van der Waals surface area contributed by atoms with Crippen molar-refractivity contribution in [3.05, 3.63) is 30.1 Å². The Morgan fingerprint density at radius 2 is 1.82 bits per heavy atom. The molecule has 1 aromatic heterocycles. The summed E-state index contributed by atoms with van der Waals surface area (Å²) < 4.78 is 0. The summed E-state index contributed by atoms with van der Waals surface area (Å²) in [7, 11) is 0. The van der Waals surface area contributed by atoms with Crippen LogP contribution in [0.25, 0.3) is 0 Å². The van der Waals surface area contributed by atoms with Crippen molar-refractivity contribution in [3.63, 3.8) is 0 Å². The van der Waals surface area contributed by atoms with E-state index in [1.54, 1.807) is 0 Å². The van der Waals surface area contributed by atoms with E-state index in [1.165, 1.54) is 38.5 Å². The average molecular weight is 257 g/mol. The summed E-state index contributed by atoms with van der Waals surface area (Å²) in [5.41, 5.74) is 1.13. The van der Waals surface area contributed by atoms with Gasteiger partial charge >= 0.3 is 0 Å². The van der Waals surface area contributed by atoms with E-state index in [-0.39, 0.29) is 12.4 Å². The molecule has 0 aliphatic carbocycles. The van der Waals surface area contributed by atoms with Gasteiger partial charge < -0.3 is 5.32 Å². The molecule has 1 aromatic rings. The number of halogens is 1. The molecule has 3 heteroatoms. The van der Waals surface area contributed by atoms with E-state index < -0.39 is 0 Å². The monoisotopic (exact) mass is 256 g/mol. The maximum absolute atomic E-state index is 4.27. The van der Waals surface area contributed by atoms with Crippen molar-refractivity contribution in [2.45, 2.75) is 52.0 Å². The lowest BCUT2D eigenvalue weighted by Crippen LogP contribution is -2.15. The lowest BCUT2D eigenvalue weighted by molar-refractivity contribution is 0.569. The highest BCUT2D eigenvalue weighted by atomic mass is 35.5. The SMILES string of the molecule is CCCCCCCCNCc1ccccn1.Cl. The Labute approximate surface area is 112 Å². The zero-order valence-corrected chi connectivity index (χ0v) is 11.6. The van der Waals surface area contributed by atoms with Crippen LogP contribution in [-0.2, 0) is 6.54 Å². The molecular formula is C14H25ClN2. The first-order valence-corrected chi connectivity index (χ1v) is 6.54. The molecule has 0 aromatic carbocycles. The number of rotatable bonds is 9. The maximum Gasteiger partial charge on any atom is 0.0541 e. The van der Waals surface area contributed by atoms with Gasteiger partial charge in [0.2, 0.25) is 0 Å². The van der Waals surface area contributed by atoms with Gasteiger partial charge in [-0.05, 0) is 25.1 Å². The van der Waals surface area contributed by atoms with Gasteiger partial charge in [-0.25, -0.2) is 0 Å². The first-order chi connectivity index (χ1) is 7.93. The molecule has 98 valence electrons. The van der Waals surface area contributed by atoms with Crippen molar-refractivity contribution in [2.24, 2.45) is 0 Å². The molecule has 17 heavy (non-hydrogen) atoms. The van der Waals surface area contributed by atoms with E-state index in [4.69, 9.17) is 0 Å². The number of pyridine rings is 1. The zero-order valence-electron chi connectivity index (χ0n) is 10.8. The molecule has 0 radical (unpaired) electrons. The van der Waals surface area contributed by atoms with Crippen LogP contribution in [0.3, 0.4) is 0 Å². The summed E-state index contributed by atoms with van der Waals surface area (Å²) in [6.07, 6.45) is 10.0. The van der Waals surface area contributed by atoms with Crippen LogP contribution in [0, 0.1) is 0 Å². The molecular weight excluding hydrogens is 232 g/mol. The lowest BCUT2D eigenvalue weighted by Gasteiger charge is -2.04. The predicted molar refractivity (Wildman–Crippen MR) is 76.6 cm³/mol. The first-order valence-electron chi connectivity index (χ1n) is 6.54. The molecule has 0 bridgehead atoms. The van der Waals surface area contributed by atoms with Crippen molar-refractivity contribution in [1.29, 1.82) is 0 Å². The van der Waals surface area contributed by atoms with Gasteiger partial charge in [0, 0.05) is 12.7 Å². The fraction of sp³-hybridized carbons (Fsp3) is 0.643. The standard InChI is InChI=1S/C14H24N2.ClH/c1-2-3-4-5-6-8-11-15-13-14-10-7-9-12-16-14;/h7,9-10,12,15H,2-6,8,11,13H2,1H3;1H. The predicted octanol–water partition coefficient (Wildman–Crippen LogP) is 3.95. The number of aromatic nitrogens is 1. The topological polar surface area (TPSA) is 24.9 Å². The summed E-state index contributed by atoms with van der Waals surface area (Å²) in [6.45, 7) is 4.27. The zero-order chi connectivity index (χ0) is 11.5. The Morgan fingerprint density at radius 3 is 2.53 bits per heavy atom. The van der Waals surface area contributed by atoms with Crippen LogP contribution < -0.4 is 5.32 Å². The lowest BCUT2D eigenvalue weighted by atomic mass is 10.1. The van der Waals surface area contributed by atoms with Crippen LogP contribution in [0.2, 0.25) is 0 Å². The van der Waals surface area contributed by atoms with Crippen LogP contribution in [0.15, 0.2) is 24.4 Å². The summed E-state index contributed by atoms with van der Waals surface area (Å²) in [6, 6.07) is 6.06. The normalized spacial score (nSPS) is 9.94. The van der Waals surface area contributed by atoms with Crippen LogP contribution in [-0.4, -0.2) is 11.5 Å². The van der Waals surface area contributed by atoms with Crippen LogP contribution in [0.5, 0.6) is 0 Å². The van der Waals surface area contributed by atoms with Gasteiger partial charge in [-0.3, -0.25) is 4.98 Å². The third-order valence-corrected chi connectivity index (χ3v) is 2.74. The van der Waals surface area contributed by atoms with E-state index in [1.807, 2.05) is 18.3 Å². The van der Waals surface area contributed by atoms with Crippen molar-refractivity contribution in [3.8, 4) is 0 Å². The van der Waals surface area contributed by atoms with Gasteiger partial charge in [0.15, 0.2) is 0 Å². The summed E-state index contributed by atoms with van der Waals surface area (Å²) in [5.74, 6) is 0. The van der Waals surface area contributed by atoms with Gasteiger partial charge in [0.1, 0.15) is 0 Å². The molecule has 0 spiro atoms. The van der Waals surface area contributed by atoms with Gasteiger partial charge in [-0.2, -0.15) is 0 Å². The smallest absolute Gasteiger partial charge is 0.0541 e. The molecule has 0 aliphatic heterocycles. The third kappa shape index (κ3) is 9.13. The first kappa shape index (κ1) is 16.4. The minimum absolute atomic E-state index is 0. The summed E-state index contributed by atoms with van der Waals surface area (Å²) in [4.78, 5) is 4.27. The summed E-state index contributed by atoms with van der Waals surface area (Å²) in [5, 5.41) is 3.43. The number of hydrogen-bond acceptors (Lipinski definition) is 2. The van der Waals surface area contributed by atoms with Crippen molar-refractivity contribution in [2.75, 3.05) is 6.54 Å². The number of hydrogen-bond donors (Lipinski definition) is 1. The highest BCUT2D eigenvalue weighted by Gasteiger charge is 1.92. The van der Waals surface area contributed by atoms with E-state index in [0.717, 1.165) is 18.8 Å². The van der Waals surface area contributed by atoms with Crippen LogP contribution in [0.4, 0.5) is 0 Å². The highest BCUT2D eigenvalue weighted by molar-refractivity contribution is 5.85. The second-order valence-corrected chi connectivity index (χ2v) is 4.27. The van der Waals surface area contributed by atoms with Crippen LogP contribution in [0.1, 0.15) is 51.1 Å². The van der Waals surface area contributed by atoms with E-state index in [0.29, 0.717) is 0 Å². The fourth-order valence-corrected chi connectivity index (χ4v) is 1.75. The molecule has 0 fully saturated rings. The molecule has 0 aliphatic rings. The Bertz CT molecular complexity index is 252. The van der Waals surface area contributed by atoms with Crippen molar-refractivity contribution < 1.29 is 0 Å². The fourth-order valence-electron chi connectivity index (χ4n) is 1.75. The molecule has 1 N–H and O–H groups in total. The molecule has 0 atom stereocenters. The maximum atomic E-state index is 4.27. The largest absolute Gasteiger partial charge is 0.311 e. The van der Waals surface area contributed by atoms with Gasteiger partial charge in [-0.1, -0.05) is 45.1 Å². The van der Waals surface area contributed by atoms with Gasteiger partial charge in [0.05, 0.1) is 5.69 Å². The number of unbranched alkanes of at least 4 members (excludes halogenated alkanes) is 5. The Balaban J connectivity index is 0.00000256. The molecule has 2 nitrogen and oxygen atoms in total. The minimum atomic E-state index is 0. The summed E-state index contributed by atoms with van der Waals surface area (Å²) >= 11 is 0. The molecule has 0 unspecified atom stereocenters. The van der Waals surface area contributed by atoms with E-state index >= 15 is 0 Å². The minimum Gasteiger partial charge on any atom is -0.311 e. The van der Waals surface area contributed by atoms with E-state index in [9.17, 15) is 0 Å².